The first-order valence-electron chi connectivity index (χ1n) is 7.82. The molecule has 0 aliphatic heterocycles. The third-order valence-corrected chi connectivity index (χ3v) is 4.01. The first-order valence-corrected chi connectivity index (χ1v) is 7.82. The van der Waals surface area contributed by atoms with E-state index in [1.807, 2.05) is 6.20 Å². The average Bonchev–Trinajstić information content (AvgIpc) is 2.90. The third-order valence-electron chi connectivity index (χ3n) is 4.01. The van der Waals surface area contributed by atoms with Crippen molar-refractivity contribution in [3.8, 4) is 0 Å². The Balaban J connectivity index is 2.23. The summed E-state index contributed by atoms with van der Waals surface area (Å²) in [5.41, 5.74) is 2.43. The van der Waals surface area contributed by atoms with Gasteiger partial charge in [0.2, 0.25) is 0 Å². The number of H-pyrrole nitrogens is 1. The lowest BCUT2D eigenvalue weighted by molar-refractivity contribution is 0.467. The molecular weight excluding hydrogens is 246 g/mol. The Morgan fingerprint density at radius 2 is 1.90 bits per heavy atom. The Hall–Kier alpha value is -1.51. The van der Waals surface area contributed by atoms with E-state index < -0.39 is 0 Å². The molecule has 0 fully saturated rings. The molecule has 0 radical (unpaired) electrons. The minimum atomic E-state index is 0.671. The largest absolute Gasteiger partial charge is 0.371 e. The molecular formula is C17H27N3. The van der Waals surface area contributed by atoms with Crippen LogP contribution in [0, 0.1) is 11.8 Å². The molecule has 3 nitrogen and oxygen atoms in total. The summed E-state index contributed by atoms with van der Waals surface area (Å²) < 4.78 is 0. The second kappa shape index (κ2) is 6.78. The monoisotopic (exact) mass is 273 g/mol. The van der Waals surface area contributed by atoms with Crippen LogP contribution in [-0.4, -0.2) is 23.3 Å². The number of nitrogens with zero attached hydrogens (tertiary/aromatic N) is 2. The van der Waals surface area contributed by atoms with Gasteiger partial charge in [-0.05, 0) is 30.0 Å². The molecule has 0 unspecified atom stereocenters. The summed E-state index contributed by atoms with van der Waals surface area (Å²) in [4.78, 5) is 2.54. The zero-order valence-corrected chi connectivity index (χ0v) is 13.2. The molecule has 0 aliphatic carbocycles. The number of aromatic amines is 1. The Kier molecular flexibility index (Phi) is 5.05. The van der Waals surface area contributed by atoms with Crippen molar-refractivity contribution in [1.82, 2.24) is 10.2 Å². The topological polar surface area (TPSA) is 31.9 Å². The quantitative estimate of drug-likeness (QED) is 0.807. The summed E-state index contributed by atoms with van der Waals surface area (Å²) in [6.07, 6.45) is 4.40. The van der Waals surface area contributed by atoms with Gasteiger partial charge in [0.15, 0.2) is 0 Å². The molecule has 2 aromatic rings. The molecule has 2 rings (SSSR count). The predicted molar refractivity (Wildman–Crippen MR) is 87.2 cm³/mol. The van der Waals surface area contributed by atoms with Crippen LogP contribution in [0.2, 0.25) is 0 Å². The first-order chi connectivity index (χ1) is 9.63. The lowest BCUT2D eigenvalue weighted by atomic mass is 10.0. The second-order valence-corrected chi connectivity index (χ2v) is 6.12. The Bertz CT molecular complexity index is 526. The summed E-state index contributed by atoms with van der Waals surface area (Å²) in [6, 6.07) is 6.60. The molecule has 3 heteroatoms. The fourth-order valence-corrected chi connectivity index (χ4v) is 2.71. The van der Waals surface area contributed by atoms with Crippen LogP contribution in [0.3, 0.4) is 0 Å². The Labute approximate surface area is 122 Å². The second-order valence-electron chi connectivity index (χ2n) is 6.12. The number of rotatable bonds is 7. The molecule has 0 bridgehead atoms. The minimum absolute atomic E-state index is 0.671. The van der Waals surface area contributed by atoms with Crippen LogP contribution in [0.15, 0.2) is 24.4 Å². The number of fused-ring (bicyclic) bond motifs is 1. The van der Waals surface area contributed by atoms with Crippen molar-refractivity contribution in [2.75, 3.05) is 18.0 Å². The summed E-state index contributed by atoms with van der Waals surface area (Å²) in [5.74, 6) is 1.44. The van der Waals surface area contributed by atoms with Gasteiger partial charge in [-0.3, -0.25) is 5.10 Å². The van der Waals surface area contributed by atoms with Gasteiger partial charge in [-0.15, -0.1) is 0 Å². The zero-order valence-electron chi connectivity index (χ0n) is 13.2. The van der Waals surface area contributed by atoms with Gasteiger partial charge in [0.1, 0.15) is 0 Å². The molecule has 1 heterocycles. The van der Waals surface area contributed by atoms with Gasteiger partial charge >= 0.3 is 0 Å². The molecule has 0 aliphatic rings. The van der Waals surface area contributed by atoms with Crippen molar-refractivity contribution in [3.63, 3.8) is 0 Å². The van der Waals surface area contributed by atoms with Crippen LogP contribution < -0.4 is 4.90 Å². The number of aromatic nitrogens is 2. The minimum Gasteiger partial charge on any atom is -0.371 e. The summed E-state index contributed by atoms with van der Waals surface area (Å²) in [7, 11) is 0. The molecule has 110 valence electrons. The van der Waals surface area contributed by atoms with Crippen LogP contribution in [-0.2, 0) is 0 Å². The number of benzene rings is 1. The molecule has 0 saturated carbocycles. The van der Waals surface area contributed by atoms with E-state index >= 15 is 0 Å². The van der Waals surface area contributed by atoms with Gasteiger partial charge in [-0.1, -0.05) is 40.5 Å². The third kappa shape index (κ3) is 3.53. The SMILES string of the molecule is CCC(CC)CN(CC(C)C)c1ccc2[nH]ncc2c1. The van der Waals surface area contributed by atoms with Crippen LogP contribution in [0.4, 0.5) is 5.69 Å². The molecule has 20 heavy (non-hydrogen) atoms. The molecule has 1 aromatic carbocycles. The molecule has 0 saturated heterocycles. The van der Waals surface area contributed by atoms with E-state index in [2.05, 4.69) is 61.0 Å². The maximum atomic E-state index is 4.11. The van der Waals surface area contributed by atoms with Crippen molar-refractivity contribution in [3.05, 3.63) is 24.4 Å². The van der Waals surface area contributed by atoms with E-state index in [0.717, 1.165) is 24.5 Å². The van der Waals surface area contributed by atoms with Crippen LogP contribution in [0.5, 0.6) is 0 Å². The smallest absolute Gasteiger partial charge is 0.0651 e. The van der Waals surface area contributed by atoms with Gasteiger partial charge in [-0.25, -0.2) is 0 Å². The Morgan fingerprint density at radius 3 is 2.55 bits per heavy atom. The van der Waals surface area contributed by atoms with Crippen LogP contribution in [0.25, 0.3) is 10.9 Å². The van der Waals surface area contributed by atoms with Gasteiger partial charge in [0.05, 0.1) is 11.7 Å². The van der Waals surface area contributed by atoms with E-state index in [-0.39, 0.29) is 0 Å². The highest BCUT2D eigenvalue weighted by Gasteiger charge is 2.14. The van der Waals surface area contributed by atoms with Gasteiger partial charge in [0, 0.05) is 24.2 Å². The maximum Gasteiger partial charge on any atom is 0.0651 e. The van der Waals surface area contributed by atoms with E-state index in [0.29, 0.717) is 5.92 Å². The summed E-state index contributed by atoms with van der Waals surface area (Å²) >= 11 is 0. The average molecular weight is 273 g/mol. The van der Waals surface area contributed by atoms with Crippen molar-refractivity contribution in [2.24, 2.45) is 11.8 Å². The van der Waals surface area contributed by atoms with Gasteiger partial charge < -0.3 is 4.90 Å². The standard InChI is InChI=1S/C17H27N3/c1-5-14(6-2)12-20(11-13(3)4)16-7-8-17-15(9-16)10-18-19-17/h7-10,13-14H,5-6,11-12H2,1-4H3,(H,18,19). The summed E-state index contributed by atoms with van der Waals surface area (Å²) in [5, 5.41) is 8.33. The number of hydrogen-bond acceptors (Lipinski definition) is 2. The fraction of sp³-hybridized carbons (Fsp3) is 0.588. The maximum absolute atomic E-state index is 4.11. The first kappa shape index (κ1) is 14.9. The van der Waals surface area contributed by atoms with E-state index in [1.165, 1.54) is 23.9 Å². The van der Waals surface area contributed by atoms with Crippen LogP contribution in [0.1, 0.15) is 40.5 Å². The normalized spacial score (nSPS) is 11.7. The van der Waals surface area contributed by atoms with Crippen molar-refractivity contribution >= 4 is 16.6 Å². The fourth-order valence-electron chi connectivity index (χ4n) is 2.71. The van der Waals surface area contributed by atoms with Gasteiger partial charge in [0.25, 0.3) is 0 Å². The van der Waals surface area contributed by atoms with Gasteiger partial charge in [-0.2, -0.15) is 5.10 Å². The molecule has 1 aromatic heterocycles. The van der Waals surface area contributed by atoms with E-state index in [9.17, 15) is 0 Å². The summed E-state index contributed by atoms with van der Waals surface area (Å²) in [6.45, 7) is 11.4. The predicted octanol–water partition coefficient (Wildman–Crippen LogP) is 4.46. The highest BCUT2D eigenvalue weighted by Crippen LogP contribution is 2.23. The van der Waals surface area contributed by atoms with Crippen molar-refractivity contribution in [2.45, 2.75) is 40.5 Å². The molecule has 0 atom stereocenters. The van der Waals surface area contributed by atoms with E-state index in [4.69, 9.17) is 0 Å². The van der Waals surface area contributed by atoms with Crippen molar-refractivity contribution < 1.29 is 0 Å². The zero-order chi connectivity index (χ0) is 14.5. The number of nitrogens with one attached hydrogen (secondary N) is 1. The van der Waals surface area contributed by atoms with Crippen LogP contribution >= 0.6 is 0 Å². The highest BCUT2D eigenvalue weighted by molar-refractivity contribution is 5.82. The molecule has 1 N–H and O–H groups in total. The number of anilines is 1. The lowest BCUT2D eigenvalue weighted by Crippen LogP contribution is -2.32. The van der Waals surface area contributed by atoms with Crippen molar-refractivity contribution in [1.29, 1.82) is 0 Å². The highest BCUT2D eigenvalue weighted by atomic mass is 15.1. The molecule has 0 spiro atoms. The number of hydrogen-bond donors (Lipinski definition) is 1. The van der Waals surface area contributed by atoms with E-state index in [1.54, 1.807) is 0 Å². The lowest BCUT2D eigenvalue weighted by Gasteiger charge is -2.30. The molecule has 0 amide bonds. The Morgan fingerprint density at radius 1 is 1.15 bits per heavy atom.